The summed E-state index contributed by atoms with van der Waals surface area (Å²) in [5.74, 6) is -0.377. The minimum absolute atomic E-state index is 0.381. The molecule has 0 fully saturated rings. The van der Waals surface area contributed by atoms with Gasteiger partial charge in [-0.25, -0.2) is 8.78 Å². The Kier molecular flexibility index (Phi) is 3.72. The highest BCUT2D eigenvalue weighted by molar-refractivity contribution is 5.18. The predicted molar refractivity (Wildman–Crippen MR) is 62.8 cm³/mol. The molecule has 0 unspecified atom stereocenters. The summed E-state index contributed by atoms with van der Waals surface area (Å²) < 4.78 is 31.3. The van der Waals surface area contributed by atoms with E-state index in [9.17, 15) is 8.78 Å². The van der Waals surface area contributed by atoms with Crippen LogP contribution < -0.4 is 0 Å². The quantitative estimate of drug-likeness (QED) is 0.837. The normalized spacial score (nSPS) is 11.2. The van der Waals surface area contributed by atoms with Crippen molar-refractivity contribution in [2.45, 2.75) is 20.0 Å². The van der Waals surface area contributed by atoms with Crippen LogP contribution in [-0.2, 0) is 13.1 Å². The Labute approximate surface area is 104 Å². The third-order valence-electron chi connectivity index (χ3n) is 2.56. The van der Waals surface area contributed by atoms with Gasteiger partial charge in [-0.3, -0.25) is 4.90 Å². The van der Waals surface area contributed by atoms with E-state index in [1.54, 1.807) is 0 Å². The summed E-state index contributed by atoms with van der Waals surface area (Å²) >= 11 is 0. The summed E-state index contributed by atoms with van der Waals surface area (Å²) in [6.07, 6.45) is 0. The summed E-state index contributed by atoms with van der Waals surface area (Å²) in [4.78, 5) is 1.87. The number of benzene rings is 1. The highest BCUT2D eigenvalue weighted by Crippen LogP contribution is 2.13. The summed E-state index contributed by atoms with van der Waals surface area (Å²) in [6.45, 7) is 2.75. The maximum Gasteiger partial charge on any atom is 0.150 e. The summed E-state index contributed by atoms with van der Waals surface area (Å²) in [6, 6.07) is 5.43. The fraction of sp³-hybridized carbons (Fsp3) is 0.308. The van der Waals surface area contributed by atoms with Gasteiger partial charge in [0.2, 0.25) is 0 Å². The third-order valence-corrected chi connectivity index (χ3v) is 2.56. The molecule has 0 aliphatic carbocycles. The van der Waals surface area contributed by atoms with Crippen LogP contribution in [0.3, 0.4) is 0 Å². The van der Waals surface area contributed by atoms with E-state index in [-0.39, 0.29) is 0 Å². The first-order chi connectivity index (χ1) is 8.54. The molecule has 0 bridgehead atoms. The van der Waals surface area contributed by atoms with Crippen molar-refractivity contribution >= 4 is 0 Å². The van der Waals surface area contributed by atoms with Crippen molar-refractivity contribution in [3.63, 3.8) is 0 Å². The SMILES string of the molecule is Cc1cc(CN(C)Cc2ccc(F)cc2F)on1. The van der Waals surface area contributed by atoms with E-state index in [4.69, 9.17) is 4.52 Å². The minimum atomic E-state index is -0.565. The number of aromatic nitrogens is 1. The second-order valence-electron chi connectivity index (χ2n) is 4.34. The molecule has 96 valence electrons. The zero-order chi connectivity index (χ0) is 13.1. The average Bonchev–Trinajstić information content (AvgIpc) is 2.68. The molecular weight excluding hydrogens is 238 g/mol. The Bertz CT molecular complexity index is 540. The van der Waals surface area contributed by atoms with E-state index in [0.29, 0.717) is 18.7 Å². The number of rotatable bonds is 4. The van der Waals surface area contributed by atoms with Crippen LogP contribution in [0.25, 0.3) is 0 Å². The molecule has 0 atom stereocenters. The first kappa shape index (κ1) is 12.7. The summed E-state index contributed by atoms with van der Waals surface area (Å²) in [7, 11) is 1.83. The lowest BCUT2D eigenvalue weighted by atomic mass is 10.2. The maximum absolute atomic E-state index is 13.5. The Morgan fingerprint density at radius 2 is 2.00 bits per heavy atom. The molecule has 0 spiro atoms. The molecule has 1 aromatic heterocycles. The van der Waals surface area contributed by atoms with Crippen molar-refractivity contribution in [1.82, 2.24) is 10.1 Å². The third kappa shape index (κ3) is 3.13. The van der Waals surface area contributed by atoms with Gasteiger partial charge in [-0.1, -0.05) is 11.2 Å². The Morgan fingerprint density at radius 3 is 2.61 bits per heavy atom. The van der Waals surface area contributed by atoms with Gasteiger partial charge in [0.15, 0.2) is 5.76 Å². The first-order valence-corrected chi connectivity index (χ1v) is 5.59. The molecule has 0 radical (unpaired) electrons. The van der Waals surface area contributed by atoms with Gasteiger partial charge in [0.05, 0.1) is 12.2 Å². The van der Waals surface area contributed by atoms with E-state index in [1.165, 1.54) is 12.1 Å². The fourth-order valence-corrected chi connectivity index (χ4v) is 1.75. The van der Waals surface area contributed by atoms with Crippen LogP contribution in [0.5, 0.6) is 0 Å². The Balaban J connectivity index is 2.00. The largest absolute Gasteiger partial charge is 0.360 e. The minimum Gasteiger partial charge on any atom is -0.360 e. The van der Waals surface area contributed by atoms with Crippen LogP contribution in [0.15, 0.2) is 28.8 Å². The van der Waals surface area contributed by atoms with Crippen molar-refractivity contribution in [3.8, 4) is 0 Å². The van der Waals surface area contributed by atoms with Gasteiger partial charge >= 0.3 is 0 Å². The lowest BCUT2D eigenvalue weighted by Gasteiger charge is -2.15. The van der Waals surface area contributed by atoms with Gasteiger partial charge in [-0.15, -0.1) is 0 Å². The van der Waals surface area contributed by atoms with Crippen LogP contribution in [0.4, 0.5) is 8.78 Å². The van der Waals surface area contributed by atoms with Crippen molar-refractivity contribution in [1.29, 1.82) is 0 Å². The standard InChI is InChI=1S/C13H14F2N2O/c1-9-5-12(18-16-9)8-17(2)7-10-3-4-11(14)6-13(10)15/h3-6H,7-8H2,1-2H3. The van der Waals surface area contributed by atoms with E-state index >= 15 is 0 Å². The van der Waals surface area contributed by atoms with Gasteiger partial charge in [0.25, 0.3) is 0 Å². The van der Waals surface area contributed by atoms with Crippen LogP contribution in [0.2, 0.25) is 0 Å². The topological polar surface area (TPSA) is 29.3 Å². The van der Waals surface area contributed by atoms with Gasteiger partial charge in [0.1, 0.15) is 11.6 Å². The number of nitrogens with zero attached hydrogens (tertiary/aromatic N) is 2. The lowest BCUT2D eigenvalue weighted by Crippen LogP contribution is -2.17. The van der Waals surface area contributed by atoms with Gasteiger partial charge in [0, 0.05) is 24.2 Å². The molecule has 0 amide bonds. The fourth-order valence-electron chi connectivity index (χ4n) is 1.75. The van der Waals surface area contributed by atoms with Crippen molar-refractivity contribution in [2.75, 3.05) is 7.05 Å². The number of aryl methyl sites for hydroxylation is 1. The average molecular weight is 252 g/mol. The summed E-state index contributed by atoms with van der Waals surface area (Å²) in [5.41, 5.74) is 1.27. The molecule has 0 aliphatic rings. The van der Waals surface area contributed by atoms with Gasteiger partial charge < -0.3 is 4.52 Å². The van der Waals surface area contributed by atoms with Crippen LogP contribution in [0.1, 0.15) is 17.0 Å². The van der Waals surface area contributed by atoms with Crippen molar-refractivity contribution < 1.29 is 13.3 Å². The zero-order valence-electron chi connectivity index (χ0n) is 10.3. The van der Waals surface area contributed by atoms with E-state index in [0.717, 1.165) is 17.5 Å². The van der Waals surface area contributed by atoms with Crippen molar-refractivity contribution in [3.05, 3.63) is 52.9 Å². The Hall–Kier alpha value is -1.75. The van der Waals surface area contributed by atoms with Gasteiger partial charge in [-0.2, -0.15) is 0 Å². The number of hydrogen-bond donors (Lipinski definition) is 0. The molecule has 0 N–H and O–H groups in total. The molecule has 5 heteroatoms. The van der Waals surface area contributed by atoms with Crippen LogP contribution >= 0.6 is 0 Å². The summed E-state index contributed by atoms with van der Waals surface area (Å²) in [5, 5.41) is 3.78. The molecule has 18 heavy (non-hydrogen) atoms. The van der Waals surface area contributed by atoms with Crippen LogP contribution in [0, 0.1) is 18.6 Å². The van der Waals surface area contributed by atoms with Gasteiger partial charge in [-0.05, 0) is 20.0 Å². The maximum atomic E-state index is 13.5. The smallest absolute Gasteiger partial charge is 0.150 e. The molecule has 0 saturated heterocycles. The lowest BCUT2D eigenvalue weighted by molar-refractivity contribution is 0.263. The van der Waals surface area contributed by atoms with E-state index < -0.39 is 11.6 Å². The second kappa shape index (κ2) is 5.27. The molecule has 2 aromatic rings. The molecule has 1 heterocycles. The van der Waals surface area contributed by atoms with E-state index in [2.05, 4.69) is 5.16 Å². The molecule has 0 aliphatic heterocycles. The molecule has 3 nitrogen and oxygen atoms in total. The number of hydrogen-bond acceptors (Lipinski definition) is 3. The number of halogens is 2. The molecule has 0 saturated carbocycles. The second-order valence-corrected chi connectivity index (χ2v) is 4.34. The molecular formula is C13H14F2N2O. The highest BCUT2D eigenvalue weighted by Gasteiger charge is 2.09. The highest BCUT2D eigenvalue weighted by atomic mass is 19.1. The monoisotopic (exact) mass is 252 g/mol. The zero-order valence-corrected chi connectivity index (χ0v) is 10.3. The van der Waals surface area contributed by atoms with Crippen LogP contribution in [-0.4, -0.2) is 17.1 Å². The first-order valence-electron chi connectivity index (χ1n) is 5.59. The molecule has 2 rings (SSSR count). The Morgan fingerprint density at radius 1 is 1.22 bits per heavy atom. The van der Waals surface area contributed by atoms with E-state index in [1.807, 2.05) is 24.9 Å². The predicted octanol–water partition coefficient (Wildman–Crippen LogP) is 2.89. The van der Waals surface area contributed by atoms with Crippen molar-refractivity contribution in [2.24, 2.45) is 0 Å². The molecule has 1 aromatic carbocycles.